The highest BCUT2D eigenvalue weighted by Crippen LogP contribution is 2.23. The highest BCUT2D eigenvalue weighted by molar-refractivity contribution is 6.04. The van der Waals surface area contributed by atoms with Gasteiger partial charge in [-0.15, -0.1) is 0 Å². The van der Waals surface area contributed by atoms with Gasteiger partial charge in [0, 0.05) is 48.6 Å². The number of nitrogens with one attached hydrogen (secondary N) is 3. The van der Waals surface area contributed by atoms with Gasteiger partial charge in [0.25, 0.3) is 0 Å². The number of rotatable bonds is 8. The third-order valence-corrected chi connectivity index (χ3v) is 5.20. The van der Waals surface area contributed by atoms with Gasteiger partial charge >= 0.3 is 0 Å². The van der Waals surface area contributed by atoms with Crippen molar-refractivity contribution in [3.63, 3.8) is 0 Å². The first-order valence-electron chi connectivity index (χ1n) is 10.5. The Hall–Kier alpha value is -4.31. The number of amides is 1. The van der Waals surface area contributed by atoms with Crippen molar-refractivity contribution in [3.8, 4) is 5.75 Å². The Labute approximate surface area is 194 Å². The fourth-order valence-electron chi connectivity index (χ4n) is 3.54. The number of pyridine rings is 2. The molecule has 0 aliphatic carbocycles. The molecule has 4 rings (SSSR count). The maximum absolute atomic E-state index is 13.7. The lowest BCUT2D eigenvalue weighted by Crippen LogP contribution is -2.27. The largest absolute Gasteiger partial charge is 0.495 e. The van der Waals surface area contributed by atoms with Crippen LogP contribution in [0, 0.1) is 11.2 Å². The summed E-state index contributed by atoms with van der Waals surface area (Å²) < 4.78 is 20.3. The molecular weight excluding hydrogens is 439 g/mol. The fourth-order valence-corrected chi connectivity index (χ4v) is 3.54. The van der Waals surface area contributed by atoms with E-state index in [1.807, 2.05) is 0 Å². The molecule has 0 aliphatic heterocycles. The van der Waals surface area contributed by atoms with Gasteiger partial charge < -0.3 is 25.0 Å². The molecule has 0 aliphatic rings. The number of benzene rings is 1. The molecule has 0 radical (unpaired) electrons. The highest BCUT2D eigenvalue weighted by Gasteiger charge is 2.11. The molecule has 1 aromatic carbocycles. The van der Waals surface area contributed by atoms with E-state index in [1.165, 1.54) is 28.9 Å². The summed E-state index contributed by atoms with van der Waals surface area (Å²) in [4.78, 5) is 20.8. The molecule has 4 N–H and O–H groups in total. The lowest BCUT2D eigenvalue weighted by Gasteiger charge is -2.09. The van der Waals surface area contributed by atoms with Crippen LogP contribution in [-0.2, 0) is 11.4 Å². The Morgan fingerprint density at radius 3 is 2.88 bits per heavy atom. The van der Waals surface area contributed by atoms with Crippen LogP contribution in [0.15, 0.2) is 61.1 Å². The van der Waals surface area contributed by atoms with Crippen molar-refractivity contribution in [1.29, 1.82) is 5.41 Å². The number of aliphatic hydroxyl groups is 1. The molecule has 0 atom stereocenters. The van der Waals surface area contributed by atoms with E-state index in [4.69, 9.17) is 10.1 Å². The Bertz CT molecular complexity index is 1400. The highest BCUT2D eigenvalue weighted by atomic mass is 19.1. The molecule has 4 aromatic rings. The zero-order valence-electron chi connectivity index (χ0n) is 18.4. The summed E-state index contributed by atoms with van der Waals surface area (Å²) in [6, 6.07) is 7.74. The molecule has 1 amide bonds. The minimum absolute atomic E-state index is 0.0340. The standard InChI is InChI=1S/C24H23FN6O3/c1-34-17-11-20-24(30-12-17)19(6-7-27-20)28-8-9-29-23(33)5-4-22(26)31-13-15(14-32)18-3-2-16(25)10-21(18)31/h2-7,10-13,26,32H,8-9,14H2,1H3,(H,27,28)(H,29,33). The maximum atomic E-state index is 13.7. The number of halogens is 1. The van der Waals surface area contributed by atoms with Crippen LogP contribution in [0.2, 0.25) is 0 Å². The summed E-state index contributed by atoms with van der Waals surface area (Å²) in [7, 11) is 1.57. The second-order valence-corrected chi connectivity index (χ2v) is 7.38. The summed E-state index contributed by atoms with van der Waals surface area (Å²) in [6.07, 6.45) is 7.39. The fraction of sp³-hybridized carbons (Fsp3) is 0.167. The number of hydrogen-bond acceptors (Lipinski definition) is 7. The van der Waals surface area contributed by atoms with E-state index in [2.05, 4.69) is 20.6 Å². The van der Waals surface area contributed by atoms with Crippen molar-refractivity contribution in [1.82, 2.24) is 19.9 Å². The normalized spacial score (nSPS) is 11.3. The predicted molar refractivity (Wildman–Crippen MR) is 128 cm³/mol. The van der Waals surface area contributed by atoms with E-state index < -0.39 is 5.82 Å². The van der Waals surface area contributed by atoms with Crippen molar-refractivity contribution in [2.75, 3.05) is 25.5 Å². The van der Waals surface area contributed by atoms with Gasteiger partial charge in [0.2, 0.25) is 5.91 Å². The Morgan fingerprint density at radius 1 is 1.24 bits per heavy atom. The first-order valence-corrected chi connectivity index (χ1v) is 10.5. The molecule has 0 saturated heterocycles. The molecule has 0 saturated carbocycles. The SMILES string of the molecule is COc1cnc2c(NCCNC(=O)C=CC(=N)n3cc(CO)c4ccc(F)cc43)ccnc2c1. The maximum Gasteiger partial charge on any atom is 0.244 e. The molecule has 0 spiro atoms. The van der Waals surface area contributed by atoms with Crippen molar-refractivity contribution in [2.24, 2.45) is 0 Å². The number of allylic oxidation sites excluding steroid dienone is 1. The molecule has 10 heteroatoms. The van der Waals surface area contributed by atoms with Crippen LogP contribution in [0.5, 0.6) is 5.75 Å². The number of fused-ring (bicyclic) bond motifs is 2. The molecule has 34 heavy (non-hydrogen) atoms. The van der Waals surface area contributed by atoms with E-state index in [1.54, 1.807) is 43.9 Å². The van der Waals surface area contributed by atoms with Gasteiger partial charge in [-0.3, -0.25) is 15.2 Å². The number of ether oxygens (including phenoxy) is 1. The van der Waals surface area contributed by atoms with Gasteiger partial charge in [0.05, 0.1) is 36.6 Å². The molecule has 0 unspecified atom stereocenters. The van der Waals surface area contributed by atoms with Crippen molar-refractivity contribution >= 4 is 39.4 Å². The molecule has 3 aromatic heterocycles. The van der Waals surface area contributed by atoms with E-state index in [0.717, 1.165) is 5.69 Å². The molecule has 9 nitrogen and oxygen atoms in total. The van der Waals surface area contributed by atoms with Crippen LogP contribution in [0.1, 0.15) is 5.56 Å². The Balaban J connectivity index is 1.34. The average Bonchev–Trinajstić information content (AvgIpc) is 3.22. The van der Waals surface area contributed by atoms with Crippen LogP contribution in [-0.4, -0.2) is 51.6 Å². The van der Waals surface area contributed by atoms with Crippen LogP contribution >= 0.6 is 0 Å². The summed E-state index contributed by atoms with van der Waals surface area (Å²) >= 11 is 0. The van der Waals surface area contributed by atoms with Gasteiger partial charge in [-0.2, -0.15) is 0 Å². The number of anilines is 1. The quantitative estimate of drug-likeness (QED) is 0.138. The molecule has 0 bridgehead atoms. The van der Waals surface area contributed by atoms with E-state index >= 15 is 0 Å². The first-order chi connectivity index (χ1) is 16.5. The summed E-state index contributed by atoms with van der Waals surface area (Å²) in [5.74, 6) is -0.241. The summed E-state index contributed by atoms with van der Waals surface area (Å²) in [5, 5.41) is 24.4. The summed E-state index contributed by atoms with van der Waals surface area (Å²) in [6.45, 7) is 0.545. The number of nitrogens with zero attached hydrogens (tertiary/aromatic N) is 3. The van der Waals surface area contributed by atoms with E-state index in [9.17, 15) is 14.3 Å². The van der Waals surface area contributed by atoms with Crippen molar-refractivity contribution in [3.05, 3.63) is 72.5 Å². The van der Waals surface area contributed by atoms with Crippen molar-refractivity contribution < 1.29 is 19.0 Å². The van der Waals surface area contributed by atoms with Gasteiger partial charge in [0.1, 0.15) is 22.9 Å². The topological polar surface area (TPSA) is 125 Å². The number of carbonyl (C=O) groups is 1. The zero-order valence-corrected chi connectivity index (χ0v) is 18.4. The summed E-state index contributed by atoms with van der Waals surface area (Å²) in [5.41, 5.74) is 3.18. The third kappa shape index (κ3) is 4.86. The van der Waals surface area contributed by atoms with Gasteiger partial charge in [0.15, 0.2) is 0 Å². The van der Waals surface area contributed by atoms with E-state index in [-0.39, 0.29) is 18.3 Å². The monoisotopic (exact) mass is 462 g/mol. The van der Waals surface area contributed by atoms with Crippen LogP contribution in [0.4, 0.5) is 10.1 Å². The molecule has 0 fully saturated rings. The number of aliphatic hydroxyl groups excluding tert-OH is 1. The number of carbonyl (C=O) groups excluding carboxylic acids is 1. The lowest BCUT2D eigenvalue weighted by atomic mass is 10.2. The van der Waals surface area contributed by atoms with Gasteiger partial charge in [-0.25, -0.2) is 9.37 Å². The smallest absolute Gasteiger partial charge is 0.244 e. The Kier molecular flexibility index (Phi) is 6.79. The van der Waals surface area contributed by atoms with Crippen molar-refractivity contribution in [2.45, 2.75) is 6.61 Å². The molecule has 174 valence electrons. The minimum Gasteiger partial charge on any atom is -0.495 e. The van der Waals surface area contributed by atoms with Crippen LogP contribution < -0.4 is 15.4 Å². The predicted octanol–water partition coefficient (Wildman–Crippen LogP) is 2.83. The second-order valence-electron chi connectivity index (χ2n) is 7.38. The Morgan fingerprint density at radius 2 is 2.09 bits per heavy atom. The van der Waals surface area contributed by atoms with Crippen LogP contribution in [0.25, 0.3) is 21.9 Å². The van der Waals surface area contributed by atoms with E-state index in [0.29, 0.717) is 46.3 Å². The third-order valence-electron chi connectivity index (χ3n) is 5.20. The van der Waals surface area contributed by atoms with Gasteiger partial charge in [-0.05, 0) is 30.3 Å². The van der Waals surface area contributed by atoms with Gasteiger partial charge in [-0.1, -0.05) is 0 Å². The average molecular weight is 462 g/mol. The molecular formula is C24H23FN6O3. The lowest BCUT2D eigenvalue weighted by molar-refractivity contribution is -0.116. The first kappa shape index (κ1) is 22.9. The molecule has 3 heterocycles. The second kappa shape index (κ2) is 10.1. The zero-order chi connectivity index (χ0) is 24.1. The number of hydrogen-bond donors (Lipinski definition) is 4. The minimum atomic E-state index is -0.449. The van der Waals surface area contributed by atoms with Crippen LogP contribution in [0.3, 0.4) is 0 Å². The number of methoxy groups -OCH3 is 1. The number of aromatic nitrogens is 3.